The van der Waals surface area contributed by atoms with Crippen molar-refractivity contribution in [3.63, 3.8) is 0 Å². The van der Waals surface area contributed by atoms with Gasteiger partial charge in [0.1, 0.15) is 23.9 Å². The number of Topliss-reactive ketones (excluding diaryl/α,β-unsaturated/α-hetero) is 1. The molecule has 3 rings (SSSR count). The summed E-state index contributed by atoms with van der Waals surface area (Å²) in [5, 5.41) is 28.4. The number of nitrogen functional groups attached to an aromatic ring is 1. The predicted molar refractivity (Wildman–Crippen MR) is 173 cm³/mol. The SMILES string of the molecule is [CH][C@H](NC(=O)[C@@H](N)CCC(=O)CC[C@@H](NC(=O)c1ccc(NCc2cnc3nc(N)[nH]c(=O)c3n2)cc1)C(=O)O)C(=O)N[C@@H](CC)C(=O)O. The molecule has 11 N–H and O–H groups in total. The van der Waals surface area contributed by atoms with Gasteiger partial charge in [-0.15, -0.1) is 0 Å². The number of nitrogens with one attached hydrogen (secondary N) is 5. The van der Waals surface area contributed by atoms with Crippen LogP contribution in [0.3, 0.4) is 0 Å². The highest BCUT2D eigenvalue weighted by molar-refractivity contribution is 5.97. The highest BCUT2D eigenvalue weighted by Crippen LogP contribution is 2.13. The van der Waals surface area contributed by atoms with Crippen molar-refractivity contribution >= 4 is 58.2 Å². The Kier molecular flexibility index (Phi) is 13.2. The molecule has 0 fully saturated rings. The number of carboxylic acids is 2. The number of rotatable bonds is 18. The Morgan fingerprint density at radius 3 is 2.20 bits per heavy atom. The lowest BCUT2D eigenvalue weighted by atomic mass is 10.0. The zero-order valence-corrected chi connectivity index (χ0v) is 26.3. The predicted octanol–water partition coefficient (Wildman–Crippen LogP) is -1.28. The number of anilines is 2. The van der Waals surface area contributed by atoms with Gasteiger partial charge in [-0.05, 0) is 50.5 Å². The van der Waals surface area contributed by atoms with Gasteiger partial charge in [-0.2, -0.15) is 4.98 Å². The maximum absolute atomic E-state index is 12.7. The van der Waals surface area contributed by atoms with Gasteiger partial charge in [0.2, 0.25) is 17.8 Å². The topological polar surface area (TPSA) is 315 Å². The molecule has 0 aliphatic carbocycles. The average Bonchev–Trinajstić information content (AvgIpc) is 3.06. The number of hydrogen-bond acceptors (Lipinski definition) is 13. The molecule has 0 aliphatic heterocycles. The van der Waals surface area contributed by atoms with Crippen molar-refractivity contribution in [2.75, 3.05) is 11.1 Å². The number of carbonyl (C=O) groups excluding carboxylic acids is 4. The van der Waals surface area contributed by atoms with Crippen LogP contribution in [0.2, 0.25) is 0 Å². The van der Waals surface area contributed by atoms with E-state index in [4.69, 9.17) is 23.5 Å². The summed E-state index contributed by atoms with van der Waals surface area (Å²) in [6.07, 6.45) is 0.706. The molecule has 49 heavy (non-hydrogen) atoms. The van der Waals surface area contributed by atoms with E-state index in [1.807, 2.05) is 0 Å². The van der Waals surface area contributed by atoms with Crippen LogP contribution in [0, 0.1) is 6.92 Å². The van der Waals surface area contributed by atoms with Gasteiger partial charge in [0.25, 0.3) is 11.5 Å². The van der Waals surface area contributed by atoms with Gasteiger partial charge in [-0.1, -0.05) is 6.92 Å². The number of aromatic amines is 1. The van der Waals surface area contributed by atoms with Crippen LogP contribution in [0.25, 0.3) is 11.2 Å². The molecule has 19 heteroatoms. The quantitative estimate of drug-likeness (QED) is 0.0756. The van der Waals surface area contributed by atoms with Crippen molar-refractivity contribution in [1.82, 2.24) is 35.9 Å². The highest BCUT2D eigenvalue weighted by Gasteiger charge is 2.26. The molecular weight excluding hydrogens is 644 g/mol. The molecule has 0 saturated heterocycles. The van der Waals surface area contributed by atoms with E-state index in [2.05, 4.69) is 41.2 Å². The first-order valence-corrected chi connectivity index (χ1v) is 14.9. The summed E-state index contributed by atoms with van der Waals surface area (Å²) in [4.78, 5) is 98.9. The Morgan fingerprint density at radius 1 is 0.918 bits per heavy atom. The Bertz CT molecular complexity index is 1760. The standard InChI is InChI=1S/C30H36N10O9/c1-3-20(28(46)47)37-24(42)14(2)35-26(44)19(31)10-8-18(41)9-11-21(29(48)49)38-25(43)15-4-6-16(7-5-15)33-12-17-13-34-23-22(36-17)27(45)40-30(32)39-23/h2,4-7,13-14,19-21,33H,3,8-12,31H2,1H3,(H,35,44)(H,37,42)(H,38,43)(H,46,47)(H,48,49)(H3,32,34,39,40,45)/t14-,19-,20-,21+/m0/s1. The second-order valence-corrected chi connectivity index (χ2v) is 10.8. The molecule has 0 unspecified atom stereocenters. The fourth-order valence-corrected chi connectivity index (χ4v) is 4.29. The van der Waals surface area contributed by atoms with Crippen molar-refractivity contribution in [1.29, 1.82) is 0 Å². The minimum absolute atomic E-state index is 0.0245. The Labute approximate surface area is 278 Å². The Morgan fingerprint density at radius 2 is 1.57 bits per heavy atom. The third-order valence-corrected chi connectivity index (χ3v) is 7.10. The van der Waals surface area contributed by atoms with Crippen LogP contribution in [-0.2, 0) is 30.5 Å². The van der Waals surface area contributed by atoms with Crippen LogP contribution in [0.5, 0.6) is 0 Å². The van der Waals surface area contributed by atoms with Gasteiger partial charge in [-0.3, -0.25) is 29.0 Å². The van der Waals surface area contributed by atoms with Crippen molar-refractivity contribution in [3.05, 3.63) is 59.0 Å². The monoisotopic (exact) mass is 680 g/mol. The maximum atomic E-state index is 12.7. The number of amides is 3. The summed E-state index contributed by atoms with van der Waals surface area (Å²) >= 11 is 0. The fraction of sp³-hybridized carbons (Fsp3) is 0.367. The van der Waals surface area contributed by atoms with Crippen LogP contribution in [0.4, 0.5) is 11.6 Å². The number of nitrogens with two attached hydrogens (primary N) is 2. The molecule has 3 amide bonds. The number of hydrogen-bond donors (Lipinski definition) is 9. The zero-order chi connectivity index (χ0) is 36.2. The fourth-order valence-electron chi connectivity index (χ4n) is 4.29. The molecule has 1 aromatic carbocycles. The third kappa shape index (κ3) is 11.1. The molecule has 0 aliphatic rings. The highest BCUT2D eigenvalue weighted by atomic mass is 16.4. The molecule has 4 atom stereocenters. The van der Waals surface area contributed by atoms with Gasteiger partial charge < -0.3 is 42.9 Å². The van der Waals surface area contributed by atoms with E-state index in [9.17, 15) is 38.7 Å². The number of fused-ring (bicyclic) bond motifs is 1. The first-order valence-electron chi connectivity index (χ1n) is 14.9. The molecular formula is C30H36N10O9. The number of nitrogens with zero attached hydrogens (tertiary/aromatic N) is 3. The van der Waals surface area contributed by atoms with E-state index in [0.717, 1.165) is 0 Å². The Hall–Kier alpha value is -5.98. The summed E-state index contributed by atoms with van der Waals surface area (Å²) in [7, 11) is 0. The van der Waals surface area contributed by atoms with Gasteiger partial charge in [0, 0.05) is 24.1 Å². The lowest BCUT2D eigenvalue weighted by molar-refractivity contribution is -0.142. The smallest absolute Gasteiger partial charge is 0.326 e. The number of carboxylic acid groups (broad SMARTS) is 2. The van der Waals surface area contributed by atoms with Gasteiger partial charge in [0.05, 0.1) is 24.5 Å². The Balaban J connectivity index is 1.44. The van der Waals surface area contributed by atoms with Crippen LogP contribution >= 0.6 is 0 Å². The van der Waals surface area contributed by atoms with Crippen LogP contribution in [-0.4, -0.2) is 89.8 Å². The lowest BCUT2D eigenvalue weighted by Crippen LogP contribution is -2.53. The third-order valence-electron chi connectivity index (χ3n) is 7.10. The molecule has 2 aromatic heterocycles. The first kappa shape index (κ1) is 37.5. The van der Waals surface area contributed by atoms with Gasteiger partial charge >= 0.3 is 11.9 Å². The average molecular weight is 681 g/mol. The second kappa shape index (κ2) is 17.3. The van der Waals surface area contributed by atoms with E-state index in [0.29, 0.717) is 11.4 Å². The molecule has 260 valence electrons. The van der Waals surface area contributed by atoms with Crippen molar-refractivity contribution in [2.24, 2.45) is 5.73 Å². The van der Waals surface area contributed by atoms with Crippen molar-refractivity contribution in [3.8, 4) is 0 Å². The molecule has 0 bridgehead atoms. The molecule has 3 aromatic rings. The van der Waals surface area contributed by atoms with E-state index in [-0.39, 0.29) is 61.3 Å². The normalized spacial score (nSPS) is 13.4. The van der Waals surface area contributed by atoms with Crippen molar-refractivity contribution < 1.29 is 39.0 Å². The summed E-state index contributed by atoms with van der Waals surface area (Å²) < 4.78 is 0. The largest absolute Gasteiger partial charge is 0.480 e. The molecule has 2 radical (unpaired) electrons. The number of carbonyl (C=O) groups is 6. The zero-order valence-electron chi connectivity index (χ0n) is 26.3. The number of aromatic nitrogens is 4. The molecule has 19 nitrogen and oxygen atoms in total. The van der Waals surface area contributed by atoms with E-state index >= 15 is 0 Å². The number of benzene rings is 1. The number of ketones is 1. The first-order chi connectivity index (χ1) is 23.2. The molecule has 0 saturated carbocycles. The van der Waals surface area contributed by atoms with Crippen LogP contribution < -0.4 is 38.3 Å². The molecule has 2 heterocycles. The summed E-state index contributed by atoms with van der Waals surface area (Å²) in [6, 6.07) is 0.681. The number of aliphatic carboxylic acids is 2. The van der Waals surface area contributed by atoms with E-state index in [1.165, 1.54) is 25.3 Å². The summed E-state index contributed by atoms with van der Waals surface area (Å²) in [5.41, 5.74) is 12.1. The summed E-state index contributed by atoms with van der Waals surface area (Å²) in [6.45, 7) is 7.32. The van der Waals surface area contributed by atoms with Crippen LogP contribution in [0.15, 0.2) is 35.3 Å². The van der Waals surface area contributed by atoms with Crippen LogP contribution in [0.1, 0.15) is 55.1 Å². The summed E-state index contributed by atoms with van der Waals surface area (Å²) in [5.74, 6) is -5.60. The maximum Gasteiger partial charge on any atom is 0.326 e. The number of H-pyrrole nitrogens is 1. The lowest BCUT2D eigenvalue weighted by Gasteiger charge is -2.19. The van der Waals surface area contributed by atoms with E-state index in [1.54, 1.807) is 12.1 Å². The van der Waals surface area contributed by atoms with Gasteiger partial charge in [-0.25, -0.2) is 19.6 Å². The molecule has 0 spiro atoms. The second-order valence-electron chi connectivity index (χ2n) is 10.8. The van der Waals surface area contributed by atoms with Gasteiger partial charge in [0.15, 0.2) is 11.2 Å². The minimum atomic E-state index is -1.58. The van der Waals surface area contributed by atoms with E-state index < -0.39 is 65.2 Å². The minimum Gasteiger partial charge on any atom is -0.480 e. The van der Waals surface area contributed by atoms with Crippen molar-refractivity contribution in [2.45, 2.75) is 69.7 Å².